The van der Waals surface area contributed by atoms with Gasteiger partial charge in [-0.1, -0.05) is 13.8 Å². The number of sulfonamides is 1. The van der Waals surface area contributed by atoms with Gasteiger partial charge in [-0.05, 0) is 31.2 Å². The molecule has 158 valence electrons. The molecule has 0 saturated heterocycles. The minimum absolute atomic E-state index is 0. The number of amides is 1. The molecular weight excluding hydrogens is 402 g/mol. The highest BCUT2D eigenvalue weighted by atomic mass is 35.5. The molecule has 0 unspecified atom stereocenters. The summed E-state index contributed by atoms with van der Waals surface area (Å²) in [6.07, 6.45) is 1.56. The molecule has 1 heterocycles. The molecule has 0 spiro atoms. The molecule has 28 heavy (non-hydrogen) atoms. The summed E-state index contributed by atoms with van der Waals surface area (Å²) in [5.74, 6) is 0.705. The van der Waals surface area contributed by atoms with Gasteiger partial charge in [0.1, 0.15) is 5.82 Å². The summed E-state index contributed by atoms with van der Waals surface area (Å²) in [6.45, 7) is 5.59. The Hall–Kier alpha value is -1.68. The number of nitrogens with one attached hydrogen (secondary N) is 1. The van der Waals surface area contributed by atoms with Crippen LogP contribution in [0.15, 0.2) is 23.1 Å². The molecule has 0 fully saturated rings. The first-order valence-corrected chi connectivity index (χ1v) is 10.7. The number of carbonyl (C=O) groups excluding carboxylic acids is 1. The number of benzene rings is 1. The van der Waals surface area contributed by atoms with Gasteiger partial charge in [0.2, 0.25) is 15.9 Å². The van der Waals surface area contributed by atoms with Gasteiger partial charge in [0.15, 0.2) is 0 Å². The molecule has 0 bridgehead atoms. The summed E-state index contributed by atoms with van der Waals surface area (Å²) in [6, 6.07) is 4.98. The third-order valence-electron chi connectivity index (χ3n) is 4.57. The van der Waals surface area contributed by atoms with E-state index in [9.17, 15) is 13.2 Å². The molecule has 2 aromatic rings. The number of aryl methyl sites for hydroxylation is 2. The van der Waals surface area contributed by atoms with Crippen LogP contribution in [0.2, 0.25) is 0 Å². The quantitative estimate of drug-likeness (QED) is 0.553. The molecule has 1 aromatic carbocycles. The van der Waals surface area contributed by atoms with Crippen molar-refractivity contribution in [2.45, 2.75) is 38.0 Å². The van der Waals surface area contributed by atoms with Crippen molar-refractivity contribution in [2.24, 2.45) is 12.8 Å². The van der Waals surface area contributed by atoms with Gasteiger partial charge in [-0.3, -0.25) is 4.79 Å². The Morgan fingerprint density at radius 2 is 1.96 bits per heavy atom. The standard InChI is InChI=1S/C18H29N5O3S.ClH/c1-4-23(5-2)27(25,26)14-7-8-16-15(13-14)21-17(22(16)3)9-10-18(24)20-12-6-11-19;/h7-8,13H,4-6,9-12,19H2,1-3H3,(H,20,24);1H. The van der Waals surface area contributed by atoms with Crippen molar-refractivity contribution in [3.63, 3.8) is 0 Å². The number of halogens is 1. The van der Waals surface area contributed by atoms with Gasteiger partial charge in [0.25, 0.3) is 0 Å². The van der Waals surface area contributed by atoms with Crippen LogP contribution < -0.4 is 11.1 Å². The fraction of sp³-hybridized carbons (Fsp3) is 0.556. The Balaban J connectivity index is 0.00000392. The Morgan fingerprint density at radius 3 is 2.57 bits per heavy atom. The molecule has 10 heteroatoms. The predicted octanol–water partition coefficient (Wildman–Crippen LogP) is 1.42. The fourth-order valence-electron chi connectivity index (χ4n) is 2.97. The van der Waals surface area contributed by atoms with E-state index >= 15 is 0 Å². The molecule has 3 N–H and O–H groups in total. The van der Waals surface area contributed by atoms with Crippen LogP contribution >= 0.6 is 12.4 Å². The molecule has 0 aliphatic heterocycles. The van der Waals surface area contributed by atoms with Crippen LogP contribution in [0.3, 0.4) is 0 Å². The van der Waals surface area contributed by atoms with Gasteiger partial charge < -0.3 is 15.6 Å². The number of aromatic nitrogens is 2. The summed E-state index contributed by atoms with van der Waals surface area (Å²) in [4.78, 5) is 16.7. The number of hydrogen-bond acceptors (Lipinski definition) is 5. The Bertz CT molecular complexity index is 894. The van der Waals surface area contributed by atoms with Crippen molar-refractivity contribution in [3.05, 3.63) is 24.0 Å². The SMILES string of the molecule is CCN(CC)S(=O)(=O)c1ccc2c(c1)nc(CCC(=O)NCCCN)n2C.Cl. The van der Waals surface area contributed by atoms with Gasteiger partial charge in [0, 0.05) is 39.5 Å². The lowest BCUT2D eigenvalue weighted by atomic mass is 10.2. The fourth-order valence-corrected chi connectivity index (χ4v) is 4.45. The highest BCUT2D eigenvalue weighted by Gasteiger charge is 2.22. The van der Waals surface area contributed by atoms with Gasteiger partial charge in [-0.2, -0.15) is 4.31 Å². The van der Waals surface area contributed by atoms with E-state index in [1.54, 1.807) is 18.2 Å². The van der Waals surface area contributed by atoms with Crippen molar-refractivity contribution < 1.29 is 13.2 Å². The number of nitrogens with two attached hydrogens (primary N) is 1. The molecular formula is C18H30ClN5O3S. The third kappa shape index (κ3) is 5.44. The molecule has 2 rings (SSSR count). The zero-order valence-corrected chi connectivity index (χ0v) is 18.3. The van der Waals surface area contributed by atoms with Crippen molar-refractivity contribution in [1.82, 2.24) is 19.2 Å². The van der Waals surface area contributed by atoms with Crippen molar-refractivity contribution in [2.75, 3.05) is 26.2 Å². The van der Waals surface area contributed by atoms with E-state index in [1.807, 2.05) is 25.5 Å². The minimum atomic E-state index is -3.53. The largest absolute Gasteiger partial charge is 0.356 e. The number of fused-ring (bicyclic) bond motifs is 1. The van der Waals surface area contributed by atoms with Crippen LogP contribution in [-0.2, 0) is 28.3 Å². The Kier molecular flexibility index (Phi) is 9.35. The maximum atomic E-state index is 12.7. The number of carbonyl (C=O) groups is 1. The lowest BCUT2D eigenvalue weighted by Crippen LogP contribution is -2.30. The van der Waals surface area contributed by atoms with Crippen LogP contribution in [0.5, 0.6) is 0 Å². The number of hydrogen-bond donors (Lipinski definition) is 2. The maximum Gasteiger partial charge on any atom is 0.243 e. The molecule has 1 amide bonds. The summed E-state index contributed by atoms with van der Waals surface area (Å²) >= 11 is 0. The van der Waals surface area contributed by atoms with Gasteiger partial charge in [-0.15, -0.1) is 12.4 Å². The zero-order valence-electron chi connectivity index (χ0n) is 16.6. The average molecular weight is 432 g/mol. The van der Waals surface area contributed by atoms with Crippen molar-refractivity contribution in [3.8, 4) is 0 Å². The monoisotopic (exact) mass is 431 g/mol. The molecule has 0 aliphatic carbocycles. The Morgan fingerprint density at radius 1 is 1.29 bits per heavy atom. The molecule has 0 radical (unpaired) electrons. The maximum absolute atomic E-state index is 12.7. The van der Waals surface area contributed by atoms with Crippen LogP contribution in [0, 0.1) is 0 Å². The lowest BCUT2D eigenvalue weighted by Gasteiger charge is -2.18. The molecule has 1 aromatic heterocycles. The summed E-state index contributed by atoms with van der Waals surface area (Å²) in [5.41, 5.74) is 6.87. The summed E-state index contributed by atoms with van der Waals surface area (Å²) in [5, 5.41) is 2.82. The Labute approximate surface area is 172 Å². The second-order valence-electron chi connectivity index (χ2n) is 6.32. The van der Waals surface area contributed by atoms with Gasteiger partial charge >= 0.3 is 0 Å². The average Bonchev–Trinajstić information content (AvgIpc) is 2.96. The number of nitrogens with zero attached hydrogens (tertiary/aromatic N) is 3. The first-order valence-electron chi connectivity index (χ1n) is 9.27. The van der Waals surface area contributed by atoms with Crippen molar-refractivity contribution >= 4 is 39.4 Å². The van der Waals surface area contributed by atoms with Crippen molar-refractivity contribution in [1.29, 1.82) is 0 Å². The van der Waals surface area contributed by atoms with E-state index in [0.717, 1.165) is 17.8 Å². The van der Waals surface area contributed by atoms with E-state index < -0.39 is 10.0 Å². The lowest BCUT2D eigenvalue weighted by molar-refractivity contribution is -0.121. The third-order valence-corrected chi connectivity index (χ3v) is 6.61. The van der Waals surface area contributed by atoms with Crippen LogP contribution in [-0.4, -0.2) is 54.4 Å². The van der Waals surface area contributed by atoms with E-state index in [2.05, 4.69) is 10.3 Å². The topological polar surface area (TPSA) is 110 Å². The van der Waals surface area contributed by atoms with E-state index in [4.69, 9.17) is 5.73 Å². The summed E-state index contributed by atoms with van der Waals surface area (Å²) in [7, 11) is -1.65. The van der Waals surface area contributed by atoms with Crippen LogP contribution in [0.25, 0.3) is 11.0 Å². The predicted molar refractivity (Wildman–Crippen MR) is 113 cm³/mol. The highest BCUT2D eigenvalue weighted by Crippen LogP contribution is 2.22. The van der Waals surface area contributed by atoms with Crippen LogP contribution in [0.1, 0.15) is 32.5 Å². The smallest absolute Gasteiger partial charge is 0.243 e. The zero-order chi connectivity index (χ0) is 20.0. The second-order valence-corrected chi connectivity index (χ2v) is 8.26. The van der Waals surface area contributed by atoms with Gasteiger partial charge in [-0.25, -0.2) is 13.4 Å². The number of imidazole rings is 1. The van der Waals surface area contributed by atoms with E-state index in [-0.39, 0.29) is 23.2 Å². The normalized spacial score (nSPS) is 11.6. The molecule has 8 nitrogen and oxygen atoms in total. The van der Waals surface area contributed by atoms with E-state index in [1.165, 1.54) is 4.31 Å². The number of rotatable bonds is 10. The molecule has 0 atom stereocenters. The highest BCUT2D eigenvalue weighted by molar-refractivity contribution is 7.89. The summed E-state index contributed by atoms with van der Waals surface area (Å²) < 4.78 is 28.7. The molecule has 0 aliphatic rings. The van der Waals surface area contributed by atoms with Gasteiger partial charge in [0.05, 0.1) is 15.9 Å². The second kappa shape index (κ2) is 10.8. The van der Waals surface area contributed by atoms with E-state index in [0.29, 0.717) is 44.5 Å². The molecule has 0 saturated carbocycles. The minimum Gasteiger partial charge on any atom is -0.356 e. The van der Waals surface area contributed by atoms with Crippen LogP contribution in [0.4, 0.5) is 0 Å². The first-order chi connectivity index (χ1) is 12.8. The first kappa shape index (κ1) is 24.4.